The summed E-state index contributed by atoms with van der Waals surface area (Å²) in [6, 6.07) is 6.99. The molecule has 0 fully saturated rings. The van der Waals surface area contributed by atoms with E-state index in [0.717, 1.165) is 11.1 Å². The highest BCUT2D eigenvalue weighted by molar-refractivity contribution is 5.82. The molecule has 0 spiro atoms. The van der Waals surface area contributed by atoms with Gasteiger partial charge in [-0.3, -0.25) is 9.48 Å². The summed E-state index contributed by atoms with van der Waals surface area (Å²) in [5.74, 6) is 0.515. The summed E-state index contributed by atoms with van der Waals surface area (Å²) in [7, 11) is 1.81. The van der Waals surface area contributed by atoms with Crippen molar-refractivity contribution in [2.45, 2.75) is 19.4 Å². The third kappa shape index (κ3) is 3.64. The first-order chi connectivity index (χ1) is 9.56. The quantitative estimate of drug-likeness (QED) is 0.829. The second-order valence-electron chi connectivity index (χ2n) is 4.76. The van der Waals surface area contributed by atoms with Crippen LogP contribution in [0.15, 0.2) is 30.6 Å². The Hall–Kier alpha value is -2.21. The first-order valence-electron chi connectivity index (χ1n) is 6.50. The number of carbonyl (C=O) groups is 1. The summed E-state index contributed by atoms with van der Waals surface area (Å²) >= 11 is 0. The van der Waals surface area contributed by atoms with Crippen LogP contribution in [0.1, 0.15) is 23.0 Å². The van der Waals surface area contributed by atoms with E-state index in [4.69, 9.17) is 5.73 Å². The Balaban J connectivity index is 1.83. The number of hydrogen-bond acceptors (Lipinski definition) is 4. The van der Waals surface area contributed by atoms with Gasteiger partial charge in [-0.1, -0.05) is 29.8 Å². The van der Waals surface area contributed by atoms with Gasteiger partial charge < -0.3 is 11.1 Å². The van der Waals surface area contributed by atoms with Crippen molar-refractivity contribution in [3.63, 3.8) is 0 Å². The van der Waals surface area contributed by atoms with E-state index in [1.54, 1.807) is 11.0 Å². The molecule has 0 radical (unpaired) electrons. The fourth-order valence-corrected chi connectivity index (χ4v) is 1.83. The van der Waals surface area contributed by atoms with E-state index in [9.17, 15) is 4.79 Å². The molecule has 0 saturated heterocycles. The van der Waals surface area contributed by atoms with Crippen LogP contribution in [0, 0.1) is 6.92 Å². The molecule has 1 unspecified atom stereocenters. The zero-order valence-electron chi connectivity index (χ0n) is 11.7. The number of nitrogens with two attached hydrogens (primary N) is 1. The van der Waals surface area contributed by atoms with Gasteiger partial charge in [0.1, 0.15) is 12.4 Å². The topological polar surface area (TPSA) is 85.8 Å². The van der Waals surface area contributed by atoms with Gasteiger partial charge in [0.25, 0.3) is 0 Å². The highest BCUT2D eigenvalue weighted by Crippen LogP contribution is 2.11. The molecule has 0 aliphatic heterocycles. The van der Waals surface area contributed by atoms with E-state index in [0.29, 0.717) is 18.8 Å². The molecule has 0 aliphatic rings. The number of aryl methyl sites for hydroxylation is 2. The predicted molar refractivity (Wildman–Crippen MR) is 75.8 cm³/mol. The van der Waals surface area contributed by atoms with Crippen LogP contribution < -0.4 is 11.1 Å². The Morgan fingerprint density at radius 1 is 1.40 bits per heavy atom. The second-order valence-corrected chi connectivity index (χ2v) is 4.76. The largest absolute Gasteiger partial charge is 0.354 e. The molecule has 3 N–H and O–H groups in total. The van der Waals surface area contributed by atoms with Gasteiger partial charge in [0.2, 0.25) is 5.91 Å². The van der Waals surface area contributed by atoms with E-state index < -0.39 is 6.04 Å². The van der Waals surface area contributed by atoms with E-state index >= 15 is 0 Å². The molecule has 1 aromatic carbocycles. The average molecular weight is 273 g/mol. The lowest BCUT2D eigenvalue weighted by Crippen LogP contribution is -2.35. The molecule has 6 nitrogen and oxygen atoms in total. The van der Waals surface area contributed by atoms with E-state index in [1.807, 2.05) is 38.2 Å². The number of amides is 1. The van der Waals surface area contributed by atoms with Crippen molar-refractivity contribution in [3.8, 4) is 0 Å². The maximum atomic E-state index is 11.9. The van der Waals surface area contributed by atoms with E-state index in [2.05, 4.69) is 15.4 Å². The molecule has 2 rings (SSSR count). The lowest BCUT2D eigenvalue weighted by Gasteiger charge is -2.12. The molecule has 1 aromatic heterocycles. The van der Waals surface area contributed by atoms with Crippen LogP contribution in [0.25, 0.3) is 0 Å². The standard InChI is InChI=1S/C14H19N5O/c1-10-3-5-11(6-4-10)13(15)14(20)16-8-7-12-17-9-19(2)18-12/h3-6,9,13H,7-8,15H2,1-2H3,(H,16,20). The zero-order chi connectivity index (χ0) is 14.5. The molecular weight excluding hydrogens is 254 g/mol. The van der Waals surface area contributed by atoms with Gasteiger partial charge in [0.15, 0.2) is 5.82 Å². The lowest BCUT2D eigenvalue weighted by atomic mass is 10.1. The first kappa shape index (κ1) is 14.2. The van der Waals surface area contributed by atoms with Gasteiger partial charge in [-0.05, 0) is 12.5 Å². The fourth-order valence-electron chi connectivity index (χ4n) is 1.83. The summed E-state index contributed by atoms with van der Waals surface area (Å²) in [6.45, 7) is 2.47. The van der Waals surface area contributed by atoms with Crippen molar-refractivity contribution in [2.24, 2.45) is 12.8 Å². The Bertz CT molecular complexity index is 576. The number of nitrogens with one attached hydrogen (secondary N) is 1. The molecular formula is C14H19N5O. The van der Waals surface area contributed by atoms with Crippen molar-refractivity contribution >= 4 is 5.91 Å². The molecule has 20 heavy (non-hydrogen) atoms. The Morgan fingerprint density at radius 3 is 2.70 bits per heavy atom. The Labute approximate surface area is 118 Å². The monoisotopic (exact) mass is 273 g/mol. The van der Waals surface area contributed by atoms with E-state index in [-0.39, 0.29) is 5.91 Å². The molecule has 2 aromatic rings. The van der Waals surface area contributed by atoms with Crippen LogP contribution >= 0.6 is 0 Å². The summed E-state index contributed by atoms with van der Waals surface area (Å²) in [6.07, 6.45) is 2.22. The maximum Gasteiger partial charge on any atom is 0.241 e. The molecule has 106 valence electrons. The van der Waals surface area contributed by atoms with Crippen LogP contribution in [0.3, 0.4) is 0 Å². The molecule has 0 saturated carbocycles. The number of rotatable bonds is 5. The summed E-state index contributed by atoms with van der Waals surface area (Å²) in [5.41, 5.74) is 7.88. The van der Waals surface area contributed by atoms with E-state index in [1.165, 1.54) is 0 Å². The fraction of sp³-hybridized carbons (Fsp3) is 0.357. The third-order valence-electron chi connectivity index (χ3n) is 3.01. The van der Waals surface area contributed by atoms with Crippen LogP contribution in [0.4, 0.5) is 0 Å². The predicted octanol–water partition coefficient (Wildman–Crippen LogP) is 0.482. The summed E-state index contributed by atoms with van der Waals surface area (Å²) in [4.78, 5) is 16.0. The second kappa shape index (κ2) is 6.29. The van der Waals surface area contributed by atoms with Gasteiger partial charge >= 0.3 is 0 Å². The van der Waals surface area contributed by atoms with Crippen LogP contribution in [0.5, 0.6) is 0 Å². The van der Waals surface area contributed by atoms with Crippen molar-refractivity contribution in [3.05, 3.63) is 47.5 Å². The van der Waals surface area contributed by atoms with Crippen molar-refractivity contribution in [1.29, 1.82) is 0 Å². The minimum absolute atomic E-state index is 0.190. The summed E-state index contributed by atoms with van der Waals surface area (Å²) < 4.78 is 1.63. The minimum Gasteiger partial charge on any atom is -0.354 e. The SMILES string of the molecule is Cc1ccc(C(N)C(=O)NCCc2ncn(C)n2)cc1. The number of benzene rings is 1. The Morgan fingerprint density at radius 2 is 2.10 bits per heavy atom. The average Bonchev–Trinajstić information content (AvgIpc) is 2.84. The third-order valence-corrected chi connectivity index (χ3v) is 3.01. The molecule has 0 aliphatic carbocycles. The maximum absolute atomic E-state index is 11.9. The number of aromatic nitrogens is 3. The molecule has 1 heterocycles. The first-order valence-corrected chi connectivity index (χ1v) is 6.50. The molecule has 1 atom stereocenters. The van der Waals surface area contributed by atoms with Crippen LogP contribution in [0.2, 0.25) is 0 Å². The highest BCUT2D eigenvalue weighted by atomic mass is 16.2. The van der Waals surface area contributed by atoms with Gasteiger partial charge in [0, 0.05) is 20.0 Å². The number of carbonyl (C=O) groups excluding carboxylic acids is 1. The summed E-state index contributed by atoms with van der Waals surface area (Å²) in [5, 5.41) is 6.94. The lowest BCUT2D eigenvalue weighted by molar-refractivity contribution is -0.122. The van der Waals surface area contributed by atoms with Crippen molar-refractivity contribution < 1.29 is 4.79 Å². The zero-order valence-corrected chi connectivity index (χ0v) is 11.7. The smallest absolute Gasteiger partial charge is 0.241 e. The molecule has 6 heteroatoms. The van der Waals surface area contributed by atoms with Gasteiger partial charge in [-0.25, -0.2) is 4.98 Å². The highest BCUT2D eigenvalue weighted by Gasteiger charge is 2.15. The van der Waals surface area contributed by atoms with Gasteiger partial charge in [0.05, 0.1) is 0 Å². The van der Waals surface area contributed by atoms with Crippen molar-refractivity contribution in [2.75, 3.05) is 6.54 Å². The molecule has 0 bridgehead atoms. The molecule has 1 amide bonds. The number of hydrogen-bond donors (Lipinski definition) is 2. The Kier molecular flexibility index (Phi) is 4.47. The van der Waals surface area contributed by atoms with Gasteiger partial charge in [-0.2, -0.15) is 5.10 Å². The number of nitrogens with zero attached hydrogens (tertiary/aromatic N) is 3. The normalized spacial score (nSPS) is 12.2. The van der Waals surface area contributed by atoms with Crippen molar-refractivity contribution in [1.82, 2.24) is 20.1 Å². The van der Waals surface area contributed by atoms with Gasteiger partial charge in [-0.15, -0.1) is 0 Å². The van der Waals surface area contributed by atoms with Crippen LogP contribution in [-0.4, -0.2) is 27.2 Å². The van der Waals surface area contributed by atoms with Crippen LogP contribution in [-0.2, 0) is 18.3 Å². The minimum atomic E-state index is -0.646.